The molecular weight excluding hydrogens is 337 g/mol. The van der Waals surface area contributed by atoms with E-state index in [4.69, 9.17) is 25.8 Å². The molecule has 5 nitrogen and oxygen atoms in total. The number of cyclic esters (lactones) is 1. The van der Waals surface area contributed by atoms with Gasteiger partial charge < -0.3 is 14.2 Å². The highest BCUT2D eigenvalue weighted by atomic mass is 35.5. The van der Waals surface area contributed by atoms with E-state index in [9.17, 15) is 9.18 Å². The first kappa shape index (κ1) is 14.7. The molecule has 2 aromatic rings. The van der Waals surface area contributed by atoms with Crippen LogP contribution in [0.4, 0.5) is 4.39 Å². The van der Waals surface area contributed by atoms with E-state index in [1.54, 1.807) is 18.2 Å². The molecule has 0 aromatic heterocycles. The second-order valence-electron chi connectivity index (χ2n) is 5.07. The zero-order valence-electron chi connectivity index (χ0n) is 12.1. The lowest BCUT2D eigenvalue weighted by Gasteiger charge is -2.01. The predicted molar refractivity (Wildman–Crippen MR) is 84.6 cm³/mol. The van der Waals surface area contributed by atoms with Crippen LogP contribution >= 0.6 is 11.6 Å². The quantitative estimate of drug-likeness (QED) is 0.617. The topological polar surface area (TPSA) is 57.1 Å². The van der Waals surface area contributed by atoms with Gasteiger partial charge in [-0.3, -0.25) is 0 Å². The fourth-order valence-electron chi connectivity index (χ4n) is 2.34. The number of nitrogens with zero attached hydrogens (tertiary/aromatic N) is 1. The standard InChI is InChI=1S/C17H9ClFNO4/c18-12-7-15-14(22-8-23-15)6-10(12)5-13-17(21)24-16(20-13)9-2-1-3-11(19)4-9/h1-7H,8H2/b13-5-. The summed E-state index contributed by atoms with van der Waals surface area (Å²) in [6.45, 7) is 0.121. The summed E-state index contributed by atoms with van der Waals surface area (Å²) in [5, 5.41) is 0.383. The minimum atomic E-state index is -0.636. The first-order valence-corrected chi connectivity index (χ1v) is 7.35. The Balaban J connectivity index is 1.71. The van der Waals surface area contributed by atoms with Crippen molar-refractivity contribution >= 4 is 29.5 Å². The minimum Gasteiger partial charge on any atom is -0.454 e. The van der Waals surface area contributed by atoms with Crippen LogP contribution in [0.2, 0.25) is 5.02 Å². The van der Waals surface area contributed by atoms with E-state index in [0.29, 0.717) is 27.6 Å². The molecule has 0 aliphatic carbocycles. The van der Waals surface area contributed by atoms with Gasteiger partial charge in [0.15, 0.2) is 17.2 Å². The first-order chi connectivity index (χ1) is 11.6. The zero-order chi connectivity index (χ0) is 16.7. The molecule has 0 amide bonds. The molecule has 24 heavy (non-hydrogen) atoms. The van der Waals surface area contributed by atoms with Crippen LogP contribution in [0.25, 0.3) is 6.08 Å². The number of hydrogen-bond donors (Lipinski definition) is 0. The van der Waals surface area contributed by atoms with Gasteiger partial charge in [-0.25, -0.2) is 14.2 Å². The minimum absolute atomic E-state index is 0.0441. The molecular formula is C17H9ClFNO4. The van der Waals surface area contributed by atoms with E-state index in [0.717, 1.165) is 0 Å². The van der Waals surface area contributed by atoms with Gasteiger partial charge in [0, 0.05) is 11.6 Å². The average molecular weight is 346 g/mol. The van der Waals surface area contributed by atoms with Crippen LogP contribution in [0, 0.1) is 5.82 Å². The number of rotatable bonds is 2. The normalized spacial score (nSPS) is 17.2. The van der Waals surface area contributed by atoms with Crippen molar-refractivity contribution in [3.05, 3.63) is 64.1 Å². The molecule has 2 heterocycles. The summed E-state index contributed by atoms with van der Waals surface area (Å²) in [5.41, 5.74) is 0.982. The molecule has 0 atom stereocenters. The summed E-state index contributed by atoms with van der Waals surface area (Å²) in [6, 6.07) is 8.91. The fraction of sp³-hybridized carbons (Fsp3) is 0.0588. The molecule has 2 aromatic carbocycles. The van der Waals surface area contributed by atoms with Gasteiger partial charge in [-0.15, -0.1) is 0 Å². The molecule has 0 unspecified atom stereocenters. The number of ether oxygens (including phenoxy) is 3. The number of fused-ring (bicyclic) bond motifs is 1. The summed E-state index contributed by atoms with van der Waals surface area (Å²) in [4.78, 5) is 16.1. The Morgan fingerprint density at radius 1 is 1.17 bits per heavy atom. The molecule has 0 radical (unpaired) electrons. The third-order valence-electron chi connectivity index (χ3n) is 3.48. The number of esters is 1. The number of hydrogen-bond acceptors (Lipinski definition) is 5. The summed E-state index contributed by atoms with van der Waals surface area (Å²) >= 11 is 6.18. The summed E-state index contributed by atoms with van der Waals surface area (Å²) < 4.78 is 28.9. The Morgan fingerprint density at radius 2 is 1.96 bits per heavy atom. The number of halogens is 2. The Kier molecular flexibility index (Phi) is 3.46. The summed E-state index contributed by atoms with van der Waals surface area (Å²) in [6.07, 6.45) is 1.49. The highest BCUT2D eigenvalue weighted by molar-refractivity contribution is 6.32. The van der Waals surface area contributed by atoms with Gasteiger partial charge >= 0.3 is 5.97 Å². The van der Waals surface area contributed by atoms with Crippen molar-refractivity contribution < 1.29 is 23.4 Å². The lowest BCUT2D eigenvalue weighted by atomic mass is 10.1. The van der Waals surface area contributed by atoms with Crippen molar-refractivity contribution in [1.82, 2.24) is 0 Å². The molecule has 2 aliphatic heterocycles. The highest BCUT2D eigenvalue weighted by Crippen LogP contribution is 2.37. The van der Waals surface area contributed by atoms with E-state index < -0.39 is 11.8 Å². The van der Waals surface area contributed by atoms with Gasteiger partial charge in [0.1, 0.15) is 5.82 Å². The third kappa shape index (κ3) is 2.61. The summed E-state index contributed by atoms with van der Waals surface area (Å²) in [7, 11) is 0. The fourth-order valence-corrected chi connectivity index (χ4v) is 2.55. The predicted octanol–water partition coefficient (Wildman–Crippen LogP) is 3.55. The third-order valence-corrected chi connectivity index (χ3v) is 3.80. The molecule has 4 rings (SSSR count). The Hall–Kier alpha value is -2.86. The van der Waals surface area contributed by atoms with Crippen molar-refractivity contribution in [2.45, 2.75) is 0 Å². The van der Waals surface area contributed by atoms with Gasteiger partial charge in [-0.1, -0.05) is 17.7 Å². The smallest absolute Gasteiger partial charge is 0.363 e. The first-order valence-electron chi connectivity index (χ1n) is 6.98. The van der Waals surface area contributed by atoms with Crippen LogP contribution in [0.15, 0.2) is 47.1 Å². The molecule has 0 saturated heterocycles. The van der Waals surface area contributed by atoms with Crippen molar-refractivity contribution in [2.24, 2.45) is 4.99 Å². The van der Waals surface area contributed by atoms with Crippen LogP contribution in [0.1, 0.15) is 11.1 Å². The van der Waals surface area contributed by atoms with E-state index in [1.807, 2.05) is 0 Å². The van der Waals surface area contributed by atoms with Gasteiger partial charge in [0.05, 0.1) is 5.02 Å². The zero-order valence-corrected chi connectivity index (χ0v) is 12.8. The van der Waals surface area contributed by atoms with Crippen molar-refractivity contribution in [3.8, 4) is 11.5 Å². The SMILES string of the molecule is O=C1OC(c2cccc(F)c2)=N/C1=C\c1cc2c(cc1Cl)OCO2. The number of aliphatic imine (C=N–C) groups is 1. The molecule has 120 valence electrons. The Morgan fingerprint density at radius 3 is 2.75 bits per heavy atom. The van der Waals surface area contributed by atoms with Gasteiger partial charge in [-0.05, 0) is 35.9 Å². The van der Waals surface area contributed by atoms with Gasteiger partial charge in [0.2, 0.25) is 12.7 Å². The van der Waals surface area contributed by atoms with E-state index in [-0.39, 0.29) is 18.4 Å². The average Bonchev–Trinajstić information content (AvgIpc) is 3.14. The largest absolute Gasteiger partial charge is 0.454 e. The maximum absolute atomic E-state index is 13.3. The molecule has 0 spiro atoms. The second kappa shape index (κ2) is 5.65. The van der Waals surface area contributed by atoms with Crippen LogP contribution < -0.4 is 9.47 Å². The number of carbonyl (C=O) groups is 1. The molecule has 0 bridgehead atoms. The van der Waals surface area contributed by atoms with E-state index in [2.05, 4.69) is 4.99 Å². The van der Waals surface area contributed by atoms with Crippen LogP contribution in [0.3, 0.4) is 0 Å². The van der Waals surface area contributed by atoms with Crippen LogP contribution in [0.5, 0.6) is 11.5 Å². The summed E-state index contributed by atoms with van der Waals surface area (Å²) in [5.74, 6) is 0.0418. The monoisotopic (exact) mass is 345 g/mol. The van der Waals surface area contributed by atoms with Gasteiger partial charge in [-0.2, -0.15) is 0 Å². The van der Waals surface area contributed by atoms with Crippen LogP contribution in [-0.4, -0.2) is 18.7 Å². The van der Waals surface area contributed by atoms with Crippen molar-refractivity contribution in [2.75, 3.05) is 6.79 Å². The second-order valence-corrected chi connectivity index (χ2v) is 5.48. The van der Waals surface area contributed by atoms with Crippen LogP contribution in [-0.2, 0) is 9.53 Å². The Labute approximate surface area is 140 Å². The molecule has 7 heteroatoms. The maximum atomic E-state index is 13.3. The molecule has 2 aliphatic rings. The number of carbonyl (C=O) groups excluding carboxylic acids is 1. The molecule has 0 saturated carbocycles. The van der Waals surface area contributed by atoms with E-state index in [1.165, 1.54) is 24.3 Å². The molecule has 0 N–H and O–H groups in total. The lowest BCUT2D eigenvalue weighted by Crippen LogP contribution is -2.05. The highest BCUT2D eigenvalue weighted by Gasteiger charge is 2.25. The van der Waals surface area contributed by atoms with Crippen molar-refractivity contribution in [1.29, 1.82) is 0 Å². The van der Waals surface area contributed by atoms with Crippen molar-refractivity contribution in [3.63, 3.8) is 0 Å². The Bertz CT molecular complexity index is 923. The number of benzene rings is 2. The lowest BCUT2D eigenvalue weighted by molar-refractivity contribution is -0.129. The molecule has 0 fully saturated rings. The maximum Gasteiger partial charge on any atom is 0.363 e. The van der Waals surface area contributed by atoms with E-state index >= 15 is 0 Å². The van der Waals surface area contributed by atoms with Gasteiger partial charge in [0.25, 0.3) is 0 Å².